The van der Waals surface area contributed by atoms with Gasteiger partial charge < -0.3 is 9.80 Å². The van der Waals surface area contributed by atoms with Crippen molar-refractivity contribution in [2.45, 2.75) is 6.42 Å². The monoisotopic (exact) mass is 212 g/mol. The molecule has 0 unspecified atom stereocenters. The number of allylic oxidation sites excluding steroid dienone is 5. The summed E-state index contributed by atoms with van der Waals surface area (Å²) in [4.78, 5) is 4.21. The van der Waals surface area contributed by atoms with E-state index in [-0.39, 0.29) is 0 Å². The first-order valence-corrected chi connectivity index (χ1v) is 5.01. The maximum absolute atomic E-state index is 5.97. The third kappa shape index (κ3) is 2.55. The molecule has 0 bridgehead atoms. The lowest BCUT2D eigenvalue weighted by Crippen LogP contribution is -2.26. The van der Waals surface area contributed by atoms with Gasteiger partial charge in [-0.2, -0.15) is 0 Å². The van der Waals surface area contributed by atoms with Crippen molar-refractivity contribution >= 4 is 11.6 Å². The van der Waals surface area contributed by atoms with Crippen LogP contribution in [0.25, 0.3) is 0 Å². The molecule has 0 aliphatic heterocycles. The molecular weight excluding hydrogens is 196 g/mol. The van der Waals surface area contributed by atoms with E-state index in [1.807, 2.05) is 40.3 Å². The molecule has 0 spiro atoms. The summed E-state index contributed by atoms with van der Waals surface area (Å²) in [5.74, 6) is 1.20. The molecule has 0 fully saturated rings. The van der Waals surface area contributed by atoms with Gasteiger partial charge >= 0.3 is 0 Å². The van der Waals surface area contributed by atoms with Crippen LogP contribution in [0.15, 0.2) is 34.7 Å². The van der Waals surface area contributed by atoms with Crippen LogP contribution in [-0.4, -0.2) is 38.0 Å². The minimum atomic E-state index is 0.799. The number of rotatable bonds is 2. The van der Waals surface area contributed by atoms with Gasteiger partial charge in [-0.15, -0.1) is 0 Å². The van der Waals surface area contributed by atoms with Crippen LogP contribution in [0.2, 0.25) is 0 Å². The van der Waals surface area contributed by atoms with E-state index in [9.17, 15) is 0 Å². The number of hydrogen-bond acceptors (Lipinski definition) is 2. The molecule has 0 N–H and O–H groups in total. The highest BCUT2D eigenvalue weighted by Crippen LogP contribution is 2.23. The van der Waals surface area contributed by atoms with Gasteiger partial charge in [-0.05, 0) is 24.1 Å². The van der Waals surface area contributed by atoms with Crippen LogP contribution in [-0.2, 0) is 0 Å². The molecule has 78 valence electrons. The van der Waals surface area contributed by atoms with Crippen LogP contribution in [0.3, 0.4) is 0 Å². The lowest BCUT2D eigenvalue weighted by Gasteiger charge is -2.27. The fourth-order valence-corrected chi connectivity index (χ4v) is 1.92. The molecule has 3 heteroatoms. The van der Waals surface area contributed by atoms with Crippen molar-refractivity contribution in [3.63, 3.8) is 0 Å². The molecule has 1 aliphatic carbocycles. The number of hydrogen-bond donors (Lipinski definition) is 0. The molecule has 2 nitrogen and oxygen atoms in total. The summed E-state index contributed by atoms with van der Waals surface area (Å²) in [7, 11) is 8.18. The molecule has 0 atom stereocenters. The van der Waals surface area contributed by atoms with Crippen LogP contribution < -0.4 is 0 Å². The van der Waals surface area contributed by atoms with Gasteiger partial charge in [0.05, 0.1) is 0 Å². The minimum Gasteiger partial charge on any atom is -0.364 e. The molecular formula is C11H17ClN2. The van der Waals surface area contributed by atoms with Crippen LogP contribution in [0.1, 0.15) is 6.42 Å². The van der Waals surface area contributed by atoms with E-state index in [1.165, 1.54) is 11.4 Å². The Morgan fingerprint density at radius 2 is 1.79 bits per heavy atom. The van der Waals surface area contributed by atoms with E-state index in [4.69, 9.17) is 11.6 Å². The summed E-state index contributed by atoms with van der Waals surface area (Å²) in [6.07, 6.45) is 7.00. The number of halogens is 1. The number of nitrogens with zero attached hydrogens (tertiary/aromatic N) is 2. The van der Waals surface area contributed by atoms with Crippen LogP contribution in [0.4, 0.5) is 0 Å². The molecule has 0 aromatic rings. The van der Waals surface area contributed by atoms with Crippen LogP contribution in [0.5, 0.6) is 0 Å². The van der Waals surface area contributed by atoms with Gasteiger partial charge in [-0.3, -0.25) is 0 Å². The first kappa shape index (κ1) is 11.2. The lowest BCUT2D eigenvalue weighted by molar-refractivity contribution is 0.337. The van der Waals surface area contributed by atoms with Gasteiger partial charge in [-0.1, -0.05) is 17.7 Å². The van der Waals surface area contributed by atoms with Crippen molar-refractivity contribution in [1.82, 2.24) is 9.80 Å². The Labute approximate surface area is 91.1 Å². The van der Waals surface area contributed by atoms with E-state index in [2.05, 4.69) is 15.9 Å². The molecule has 0 heterocycles. The third-order valence-electron chi connectivity index (χ3n) is 2.06. The Morgan fingerprint density at radius 3 is 2.21 bits per heavy atom. The average Bonchev–Trinajstić information content (AvgIpc) is 2.02. The largest absolute Gasteiger partial charge is 0.364 e. The van der Waals surface area contributed by atoms with E-state index < -0.39 is 0 Å². The van der Waals surface area contributed by atoms with Gasteiger partial charge in [0.1, 0.15) is 5.82 Å². The van der Waals surface area contributed by atoms with Crippen molar-refractivity contribution in [3.8, 4) is 0 Å². The lowest BCUT2D eigenvalue weighted by atomic mass is 10.1. The van der Waals surface area contributed by atoms with Crippen molar-refractivity contribution in [2.24, 2.45) is 0 Å². The molecule has 0 radical (unpaired) electrons. The summed E-state index contributed by atoms with van der Waals surface area (Å²) < 4.78 is 0. The van der Waals surface area contributed by atoms with Crippen LogP contribution >= 0.6 is 11.6 Å². The Kier molecular flexibility index (Phi) is 3.64. The van der Waals surface area contributed by atoms with Crippen LogP contribution in [0, 0.1) is 0 Å². The Bertz CT molecular complexity index is 288. The van der Waals surface area contributed by atoms with E-state index >= 15 is 0 Å². The Balaban J connectivity index is 3.06. The molecule has 1 aliphatic rings. The first-order chi connectivity index (χ1) is 6.52. The SMILES string of the molecule is CN(C)C(=C1C=C(Cl)C=CC1)N(C)C. The highest BCUT2D eigenvalue weighted by atomic mass is 35.5. The van der Waals surface area contributed by atoms with E-state index in [0.29, 0.717) is 0 Å². The molecule has 1 rings (SSSR count). The predicted octanol–water partition coefficient (Wildman–Crippen LogP) is 2.40. The molecule has 0 aromatic heterocycles. The molecule has 0 aromatic carbocycles. The molecule has 0 amide bonds. The highest BCUT2D eigenvalue weighted by Gasteiger charge is 2.10. The van der Waals surface area contributed by atoms with E-state index in [0.717, 1.165) is 11.5 Å². The topological polar surface area (TPSA) is 6.48 Å². The van der Waals surface area contributed by atoms with Crippen molar-refractivity contribution in [1.29, 1.82) is 0 Å². The summed E-state index contributed by atoms with van der Waals surface area (Å²) in [6, 6.07) is 0. The normalized spacial score (nSPS) is 15.2. The summed E-state index contributed by atoms with van der Waals surface area (Å²) in [5, 5.41) is 0.799. The quantitative estimate of drug-likeness (QED) is 0.694. The minimum absolute atomic E-state index is 0.799. The van der Waals surface area contributed by atoms with Gasteiger partial charge in [0.2, 0.25) is 0 Å². The van der Waals surface area contributed by atoms with Gasteiger partial charge in [0, 0.05) is 33.2 Å². The highest BCUT2D eigenvalue weighted by molar-refractivity contribution is 6.31. The maximum Gasteiger partial charge on any atom is 0.106 e. The van der Waals surface area contributed by atoms with Crippen molar-refractivity contribution < 1.29 is 0 Å². The van der Waals surface area contributed by atoms with Crippen molar-refractivity contribution in [3.05, 3.63) is 34.7 Å². The van der Waals surface area contributed by atoms with Gasteiger partial charge in [0.25, 0.3) is 0 Å². The molecule has 0 saturated carbocycles. The molecule has 0 saturated heterocycles. The van der Waals surface area contributed by atoms with Gasteiger partial charge in [-0.25, -0.2) is 0 Å². The standard InChI is InChI=1S/C11H17ClN2/c1-13(2)11(14(3)4)9-6-5-7-10(12)8-9/h5,7-8H,6H2,1-4H3. The predicted molar refractivity (Wildman–Crippen MR) is 62.1 cm³/mol. The fourth-order valence-electron chi connectivity index (χ4n) is 1.70. The summed E-state index contributed by atoms with van der Waals surface area (Å²) >= 11 is 5.97. The fraction of sp³-hybridized carbons (Fsp3) is 0.455. The average molecular weight is 213 g/mol. The molecule has 14 heavy (non-hydrogen) atoms. The zero-order valence-electron chi connectivity index (χ0n) is 9.21. The van der Waals surface area contributed by atoms with Crippen molar-refractivity contribution in [2.75, 3.05) is 28.2 Å². The van der Waals surface area contributed by atoms with E-state index in [1.54, 1.807) is 0 Å². The Morgan fingerprint density at radius 1 is 1.21 bits per heavy atom. The second-order valence-corrected chi connectivity index (χ2v) is 4.21. The smallest absolute Gasteiger partial charge is 0.106 e. The Hall–Kier alpha value is -0.890. The second kappa shape index (κ2) is 4.56. The zero-order valence-corrected chi connectivity index (χ0v) is 9.97. The third-order valence-corrected chi connectivity index (χ3v) is 2.30. The second-order valence-electron chi connectivity index (χ2n) is 3.77. The zero-order chi connectivity index (χ0) is 10.7. The summed E-state index contributed by atoms with van der Waals surface area (Å²) in [5.41, 5.74) is 1.26. The summed E-state index contributed by atoms with van der Waals surface area (Å²) in [6.45, 7) is 0. The van der Waals surface area contributed by atoms with Gasteiger partial charge in [0.15, 0.2) is 0 Å². The maximum atomic E-state index is 5.97. The first-order valence-electron chi connectivity index (χ1n) is 4.64.